The molecule has 9 nitrogen and oxygen atoms in total. The number of halogens is 1. The zero-order valence-corrected chi connectivity index (χ0v) is 24.5. The number of benzene rings is 2. The van der Waals surface area contributed by atoms with E-state index in [1.807, 2.05) is 74.1 Å². The normalized spacial score (nSPS) is 21.9. The maximum absolute atomic E-state index is 14.0. The molecule has 3 aliphatic heterocycles. The van der Waals surface area contributed by atoms with Crippen LogP contribution in [0.15, 0.2) is 47.5 Å². The van der Waals surface area contributed by atoms with Crippen LogP contribution in [-0.4, -0.2) is 68.4 Å². The van der Waals surface area contributed by atoms with Crippen LogP contribution < -0.4 is 20.4 Å². The molecule has 1 saturated carbocycles. The van der Waals surface area contributed by atoms with E-state index in [-0.39, 0.29) is 24.9 Å². The number of carbonyl (C=O) groups excluding carboxylic acids is 3. The minimum atomic E-state index is -1.16. The van der Waals surface area contributed by atoms with Gasteiger partial charge >= 0.3 is 6.03 Å². The van der Waals surface area contributed by atoms with E-state index in [0.717, 1.165) is 29.9 Å². The topological polar surface area (TPSA) is 97.4 Å². The lowest BCUT2D eigenvalue weighted by Gasteiger charge is -2.30. The van der Waals surface area contributed by atoms with Crippen molar-refractivity contribution in [3.05, 3.63) is 53.6 Å². The molecule has 1 unspecified atom stereocenters. The molecule has 2 bridgehead atoms. The zero-order chi connectivity index (χ0) is 27.7. The molecule has 3 fully saturated rings. The van der Waals surface area contributed by atoms with Crippen LogP contribution in [0.1, 0.15) is 43.7 Å². The first-order chi connectivity index (χ1) is 18.7. The van der Waals surface area contributed by atoms with Crippen molar-refractivity contribution in [3.8, 4) is 0 Å². The van der Waals surface area contributed by atoms with Crippen LogP contribution in [0.3, 0.4) is 0 Å². The maximum atomic E-state index is 14.0. The predicted molar refractivity (Wildman–Crippen MR) is 162 cm³/mol. The van der Waals surface area contributed by atoms with Crippen LogP contribution in [0.2, 0.25) is 0 Å². The van der Waals surface area contributed by atoms with Gasteiger partial charge in [-0.05, 0) is 75.1 Å². The Hall–Kier alpha value is -3.59. The van der Waals surface area contributed by atoms with Crippen LogP contribution in [0, 0.1) is 18.8 Å². The monoisotopic (exact) mass is 566 g/mol. The molecule has 6 rings (SSSR count). The molecule has 2 aromatic carbocycles. The second-order valence-electron chi connectivity index (χ2n) is 11.2. The molecule has 4 aliphatic rings. The number of nitrogens with zero attached hydrogens (tertiary/aromatic N) is 4. The number of aliphatic imine (C=N–C) groups is 1. The molecule has 2 saturated heterocycles. The standard InChI is InChI=1S/C30H38N6O3.ClH/c1-19-7-5-10-25-20(2)31-28(33-30(39)32-23-8-6-9-24(15-23)34(3)4)29(38)36(27(19)25)18-26(37)35-16-21-11-12-22(17-35)14-13-21;/h5-10,15,21-22,28H,11-14,16-18H2,1-4H3,(H2,32,33,39);1H. The maximum Gasteiger partial charge on any atom is 0.321 e. The number of amides is 4. The average Bonchev–Trinajstić information content (AvgIpc) is 3.29. The Bertz CT molecular complexity index is 1290. The Balaban J connectivity index is 0.00000370. The van der Waals surface area contributed by atoms with Crippen molar-refractivity contribution in [1.29, 1.82) is 0 Å². The Morgan fingerprint density at radius 1 is 1.00 bits per heavy atom. The van der Waals surface area contributed by atoms with Crippen molar-refractivity contribution in [2.45, 2.75) is 45.7 Å². The molecule has 2 N–H and O–H groups in total. The molecule has 214 valence electrons. The number of para-hydroxylation sites is 1. The van der Waals surface area contributed by atoms with Gasteiger partial charge in [0.2, 0.25) is 12.1 Å². The third kappa shape index (κ3) is 6.25. The number of hydrogen-bond donors (Lipinski definition) is 2. The fraction of sp³-hybridized carbons (Fsp3) is 0.467. The third-order valence-corrected chi connectivity index (χ3v) is 8.18. The van der Waals surface area contributed by atoms with E-state index in [9.17, 15) is 14.4 Å². The summed E-state index contributed by atoms with van der Waals surface area (Å²) >= 11 is 0. The smallest absolute Gasteiger partial charge is 0.321 e. The van der Waals surface area contributed by atoms with Gasteiger partial charge in [0, 0.05) is 49.8 Å². The number of carbonyl (C=O) groups is 3. The van der Waals surface area contributed by atoms with Gasteiger partial charge in [0.15, 0.2) is 0 Å². The van der Waals surface area contributed by atoms with E-state index >= 15 is 0 Å². The highest BCUT2D eigenvalue weighted by atomic mass is 35.5. The van der Waals surface area contributed by atoms with Gasteiger partial charge in [0.05, 0.1) is 5.69 Å². The van der Waals surface area contributed by atoms with Gasteiger partial charge in [-0.15, -0.1) is 12.4 Å². The Labute approximate surface area is 242 Å². The summed E-state index contributed by atoms with van der Waals surface area (Å²) in [6.45, 7) is 5.19. The number of rotatable bonds is 5. The SMILES string of the molecule is CC1=NC(NC(=O)Nc2cccc(N(C)C)c2)C(=O)N(CC(=O)N2CC3CCC(CC3)C2)c2c(C)cccc21.Cl. The molecule has 0 radical (unpaired) electrons. The molecule has 1 atom stereocenters. The summed E-state index contributed by atoms with van der Waals surface area (Å²) in [6, 6.07) is 12.6. The predicted octanol–water partition coefficient (Wildman–Crippen LogP) is 4.43. The van der Waals surface area contributed by atoms with E-state index in [1.165, 1.54) is 30.6 Å². The van der Waals surface area contributed by atoms with Crippen molar-refractivity contribution >= 4 is 53.0 Å². The van der Waals surface area contributed by atoms with E-state index in [2.05, 4.69) is 15.6 Å². The first-order valence-electron chi connectivity index (χ1n) is 13.8. The largest absolute Gasteiger partial charge is 0.378 e. The van der Waals surface area contributed by atoms with E-state index in [1.54, 1.807) is 6.07 Å². The molecule has 4 amide bonds. The van der Waals surface area contributed by atoms with Crippen molar-refractivity contribution < 1.29 is 14.4 Å². The molecule has 2 aromatic rings. The van der Waals surface area contributed by atoms with Crippen molar-refractivity contribution in [1.82, 2.24) is 10.2 Å². The molecular weight excluding hydrogens is 528 g/mol. The highest BCUT2D eigenvalue weighted by Crippen LogP contribution is 2.35. The summed E-state index contributed by atoms with van der Waals surface area (Å²) in [6.07, 6.45) is 3.52. The second-order valence-corrected chi connectivity index (χ2v) is 11.2. The first-order valence-corrected chi connectivity index (χ1v) is 13.8. The number of aryl methyl sites for hydroxylation is 1. The Morgan fingerprint density at radius 2 is 1.65 bits per heavy atom. The summed E-state index contributed by atoms with van der Waals surface area (Å²) in [5.74, 6) is 0.595. The lowest BCUT2D eigenvalue weighted by Crippen LogP contribution is -2.52. The summed E-state index contributed by atoms with van der Waals surface area (Å²) in [4.78, 5) is 50.6. The number of nitrogens with one attached hydrogen (secondary N) is 2. The molecule has 0 aromatic heterocycles. The summed E-state index contributed by atoms with van der Waals surface area (Å²) < 4.78 is 0. The van der Waals surface area contributed by atoms with E-state index < -0.39 is 18.1 Å². The van der Waals surface area contributed by atoms with Gasteiger partial charge in [-0.2, -0.15) is 0 Å². The number of fused-ring (bicyclic) bond motifs is 5. The number of anilines is 3. The minimum absolute atomic E-state index is 0. The lowest BCUT2D eigenvalue weighted by atomic mass is 9.84. The lowest BCUT2D eigenvalue weighted by molar-refractivity contribution is -0.132. The Kier molecular flexibility index (Phi) is 9.03. The van der Waals surface area contributed by atoms with Crippen molar-refractivity contribution in [2.75, 3.05) is 48.8 Å². The number of urea groups is 1. The first kappa shape index (κ1) is 29.4. The fourth-order valence-electron chi connectivity index (χ4n) is 6.02. The summed E-state index contributed by atoms with van der Waals surface area (Å²) in [5, 5.41) is 5.55. The van der Waals surface area contributed by atoms with Gasteiger partial charge in [-0.1, -0.05) is 24.3 Å². The van der Waals surface area contributed by atoms with Gasteiger partial charge in [0.25, 0.3) is 5.91 Å². The van der Waals surface area contributed by atoms with Crippen LogP contribution in [0.25, 0.3) is 0 Å². The van der Waals surface area contributed by atoms with Crippen molar-refractivity contribution in [3.63, 3.8) is 0 Å². The molecule has 3 heterocycles. The van der Waals surface area contributed by atoms with E-state index in [0.29, 0.717) is 28.9 Å². The van der Waals surface area contributed by atoms with Crippen LogP contribution >= 0.6 is 12.4 Å². The number of hydrogen-bond acceptors (Lipinski definition) is 5. The highest BCUT2D eigenvalue weighted by molar-refractivity contribution is 6.14. The fourth-order valence-corrected chi connectivity index (χ4v) is 6.02. The van der Waals surface area contributed by atoms with E-state index in [4.69, 9.17) is 0 Å². The molecule has 1 aliphatic carbocycles. The molecule has 10 heteroatoms. The van der Waals surface area contributed by atoms with Gasteiger partial charge in [-0.3, -0.25) is 19.5 Å². The van der Waals surface area contributed by atoms with Gasteiger partial charge in [0.1, 0.15) is 6.54 Å². The van der Waals surface area contributed by atoms with Gasteiger partial charge < -0.3 is 20.4 Å². The summed E-state index contributed by atoms with van der Waals surface area (Å²) in [5.41, 5.74) is 4.51. The molecular formula is C30H39ClN6O3. The summed E-state index contributed by atoms with van der Waals surface area (Å²) in [7, 11) is 3.85. The minimum Gasteiger partial charge on any atom is -0.378 e. The van der Waals surface area contributed by atoms with Crippen LogP contribution in [0.5, 0.6) is 0 Å². The zero-order valence-electron chi connectivity index (χ0n) is 23.6. The van der Waals surface area contributed by atoms with Crippen LogP contribution in [0.4, 0.5) is 21.9 Å². The Morgan fingerprint density at radius 3 is 2.30 bits per heavy atom. The molecule has 0 spiro atoms. The number of benzodiazepines with no additional fused rings is 1. The van der Waals surface area contributed by atoms with Gasteiger partial charge in [-0.25, -0.2) is 4.79 Å². The average molecular weight is 567 g/mol. The molecule has 40 heavy (non-hydrogen) atoms. The third-order valence-electron chi connectivity index (χ3n) is 8.18. The van der Waals surface area contributed by atoms with Crippen LogP contribution in [-0.2, 0) is 9.59 Å². The van der Waals surface area contributed by atoms with Crippen molar-refractivity contribution in [2.24, 2.45) is 16.8 Å². The quantitative estimate of drug-likeness (QED) is 0.559. The second kappa shape index (κ2) is 12.3. The highest BCUT2D eigenvalue weighted by Gasteiger charge is 2.37.